The lowest BCUT2D eigenvalue weighted by molar-refractivity contribution is -0.141. The van der Waals surface area contributed by atoms with Gasteiger partial charge in [0.05, 0.1) is 7.11 Å². The SMILES string of the molecule is CCCCCC1=CNC(Br)(C(=O)OC)S1. The van der Waals surface area contributed by atoms with Crippen LogP contribution in [-0.2, 0) is 9.53 Å². The molecule has 0 aromatic heterocycles. The summed E-state index contributed by atoms with van der Waals surface area (Å²) in [4.78, 5) is 12.6. The fourth-order valence-corrected chi connectivity index (χ4v) is 3.23. The van der Waals surface area contributed by atoms with Crippen LogP contribution in [0.4, 0.5) is 0 Å². The Morgan fingerprint density at radius 2 is 2.40 bits per heavy atom. The highest BCUT2D eigenvalue weighted by Crippen LogP contribution is 2.42. The highest BCUT2D eigenvalue weighted by Gasteiger charge is 2.41. The topological polar surface area (TPSA) is 38.3 Å². The van der Waals surface area contributed by atoms with E-state index in [1.54, 1.807) is 0 Å². The molecule has 86 valence electrons. The number of hydrogen-bond acceptors (Lipinski definition) is 4. The van der Waals surface area contributed by atoms with Gasteiger partial charge >= 0.3 is 5.97 Å². The lowest BCUT2D eigenvalue weighted by Gasteiger charge is -2.18. The maximum absolute atomic E-state index is 11.4. The summed E-state index contributed by atoms with van der Waals surface area (Å²) in [5.41, 5.74) is 0. The first kappa shape index (κ1) is 12.9. The molecule has 15 heavy (non-hydrogen) atoms. The number of hydrogen-bond donors (Lipinski definition) is 1. The zero-order valence-corrected chi connectivity index (χ0v) is 11.4. The van der Waals surface area contributed by atoms with Crippen molar-refractivity contribution in [2.24, 2.45) is 0 Å². The maximum Gasteiger partial charge on any atom is 0.354 e. The Hall–Kier alpha value is -0.160. The number of ether oxygens (including phenoxy) is 1. The molecular weight excluding hydrogens is 278 g/mol. The van der Waals surface area contributed by atoms with Crippen LogP contribution in [0.2, 0.25) is 0 Å². The predicted octanol–water partition coefficient (Wildman–Crippen LogP) is 2.97. The van der Waals surface area contributed by atoms with Crippen LogP contribution in [-0.4, -0.2) is 16.9 Å². The predicted molar refractivity (Wildman–Crippen MR) is 66.6 cm³/mol. The van der Waals surface area contributed by atoms with E-state index in [4.69, 9.17) is 4.74 Å². The Balaban J connectivity index is 2.39. The van der Waals surface area contributed by atoms with Gasteiger partial charge < -0.3 is 10.1 Å². The van der Waals surface area contributed by atoms with Crippen molar-refractivity contribution in [3.63, 3.8) is 0 Å². The molecule has 3 nitrogen and oxygen atoms in total. The molecule has 0 aromatic rings. The lowest BCUT2D eigenvalue weighted by atomic mass is 10.2. The fraction of sp³-hybridized carbons (Fsp3) is 0.700. The Kier molecular flexibility index (Phi) is 4.99. The fourth-order valence-electron chi connectivity index (χ4n) is 1.32. The lowest BCUT2D eigenvalue weighted by Crippen LogP contribution is -2.38. The van der Waals surface area contributed by atoms with Crippen molar-refractivity contribution in [1.82, 2.24) is 5.32 Å². The molecule has 1 N–H and O–H groups in total. The zero-order valence-electron chi connectivity index (χ0n) is 9.01. The molecule has 0 spiro atoms. The van der Waals surface area contributed by atoms with Crippen LogP contribution < -0.4 is 5.32 Å². The van der Waals surface area contributed by atoms with Crippen molar-refractivity contribution >= 4 is 33.7 Å². The Morgan fingerprint density at radius 3 is 3.00 bits per heavy atom. The summed E-state index contributed by atoms with van der Waals surface area (Å²) >= 11 is 4.83. The van der Waals surface area contributed by atoms with Crippen LogP contribution in [0.15, 0.2) is 11.1 Å². The quantitative estimate of drug-likeness (QED) is 0.366. The highest BCUT2D eigenvalue weighted by molar-refractivity contribution is 9.12. The minimum atomic E-state index is -0.802. The van der Waals surface area contributed by atoms with E-state index in [0.717, 1.165) is 6.42 Å². The van der Waals surface area contributed by atoms with Gasteiger partial charge in [-0.05, 0) is 28.8 Å². The number of nitrogens with one attached hydrogen (secondary N) is 1. The summed E-state index contributed by atoms with van der Waals surface area (Å²) in [6, 6.07) is 0. The Morgan fingerprint density at radius 1 is 1.67 bits per heavy atom. The first-order valence-corrected chi connectivity index (χ1v) is 6.66. The number of esters is 1. The van der Waals surface area contributed by atoms with Gasteiger partial charge in [0.15, 0.2) is 0 Å². The molecule has 1 aliphatic heterocycles. The number of rotatable bonds is 5. The molecule has 0 fully saturated rings. The number of methoxy groups -OCH3 is 1. The van der Waals surface area contributed by atoms with Crippen molar-refractivity contribution in [1.29, 1.82) is 0 Å². The normalized spacial score (nSPS) is 24.6. The van der Waals surface area contributed by atoms with E-state index in [-0.39, 0.29) is 5.97 Å². The van der Waals surface area contributed by atoms with Gasteiger partial charge in [-0.1, -0.05) is 31.5 Å². The van der Waals surface area contributed by atoms with E-state index in [1.807, 2.05) is 6.20 Å². The van der Waals surface area contributed by atoms with E-state index in [1.165, 1.54) is 43.0 Å². The Bertz CT molecular complexity index is 270. The summed E-state index contributed by atoms with van der Waals surface area (Å²) in [6.45, 7) is 2.18. The molecule has 1 aliphatic rings. The third-order valence-corrected chi connectivity index (χ3v) is 4.35. The van der Waals surface area contributed by atoms with Gasteiger partial charge in [0, 0.05) is 11.1 Å². The van der Waals surface area contributed by atoms with Gasteiger partial charge in [0.25, 0.3) is 0 Å². The molecular formula is C10H16BrNO2S. The van der Waals surface area contributed by atoms with Crippen LogP contribution in [0.3, 0.4) is 0 Å². The van der Waals surface area contributed by atoms with Gasteiger partial charge in [-0.2, -0.15) is 0 Å². The molecule has 0 bridgehead atoms. The third-order valence-electron chi connectivity index (χ3n) is 2.17. The van der Waals surface area contributed by atoms with Gasteiger partial charge in [0.2, 0.25) is 3.78 Å². The minimum Gasteiger partial charge on any atom is -0.466 e. The average Bonchev–Trinajstić information content (AvgIpc) is 2.61. The molecule has 1 atom stereocenters. The van der Waals surface area contributed by atoms with Crippen LogP contribution >= 0.6 is 27.7 Å². The van der Waals surface area contributed by atoms with E-state index >= 15 is 0 Å². The summed E-state index contributed by atoms with van der Waals surface area (Å²) in [5.74, 6) is -0.297. The van der Waals surface area contributed by atoms with E-state index < -0.39 is 3.78 Å². The summed E-state index contributed by atoms with van der Waals surface area (Å²) in [5, 5.41) is 3.00. The van der Waals surface area contributed by atoms with Crippen LogP contribution in [0, 0.1) is 0 Å². The average molecular weight is 294 g/mol. The smallest absolute Gasteiger partial charge is 0.354 e. The standard InChI is InChI=1S/C10H16BrNO2S/c1-3-4-5-6-8-7-12-10(11,15-8)9(13)14-2/h7,12H,3-6H2,1-2H3. The number of halogens is 1. The number of allylic oxidation sites excluding steroid dienone is 1. The number of unbranched alkanes of at least 4 members (excludes halogenated alkanes) is 2. The van der Waals surface area contributed by atoms with Crippen LogP contribution in [0.1, 0.15) is 32.6 Å². The Labute approximate surface area is 103 Å². The van der Waals surface area contributed by atoms with Crippen LogP contribution in [0.5, 0.6) is 0 Å². The van der Waals surface area contributed by atoms with Crippen molar-refractivity contribution in [2.45, 2.75) is 36.4 Å². The van der Waals surface area contributed by atoms with Crippen molar-refractivity contribution in [3.05, 3.63) is 11.1 Å². The second-order valence-corrected chi connectivity index (χ2v) is 6.46. The van der Waals surface area contributed by atoms with Gasteiger partial charge in [0.1, 0.15) is 0 Å². The summed E-state index contributed by atoms with van der Waals surface area (Å²) in [6.07, 6.45) is 6.52. The minimum absolute atomic E-state index is 0.297. The summed E-state index contributed by atoms with van der Waals surface area (Å²) < 4.78 is 3.91. The second-order valence-electron chi connectivity index (χ2n) is 3.40. The molecule has 0 saturated heterocycles. The summed E-state index contributed by atoms with van der Waals surface area (Å²) in [7, 11) is 1.39. The second kappa shape index (κ2) is 5.80. The highest BCUT2D eigenvalue weighted by atomic mass is 79.9. The number of thioether (sulfide) groups is 1. The van der Waals surface area contributed by atoms with Crippen LogP contribution in [0.25, 0.3) is 0 Å². The molecule has 1 unspecified atom stereocenters. The number of alkyl halides is 1. The van der Waals surface area contributed by atoms with E-state index in [0.29, 0.717) is 0 Å². The molecule has 5 heteroatoms. The van der Waals surface area contributed by atoms with Gasteiger partial charge in [-0.15, -0.1) is 0 Å². The zero-order chi connectivity index (χ0) is 11.3. The maximum atomic E-state index is 11.4. The van der Waals surface area contributed by atoms with E-state index in [9.17, 15) is 4.79 Å². The van der Waals surface area contributed by atoms with Gasteiger partial charge in [-0.3, -0.25) is 0 Å². The molecule has 0 saturated carbocycles. The number of carbonyl (C=O) groups is 1. The molecule has 0 radical (unpaired) electrons. The number of carbonyl (C=O) groups excluding carboxylic acids is 1. The van der Waals surface area contributed by atoms with Crippen molar-refractivity contribution in [3.8, 4) is 0 Å². The van der Waals surface area contributed by atoms with Gasteiger partial charge in [-0.25, -0.2) is 4.79 Å². The molecule has 1 rings (SSSR count). The first-order chi connectivity index (χ1) is 7.12. The third kappa shape index (κ3) is 3.41. The first-order valence-electron chi connectivity index (χ1n) is 5.05. The molecule has 0 aliphatic carbocycles. The van der Waals surface area contributed by atoms with E-state index in [2.05, 4.69) is 28.2 Å². The van der Waals surface area contributed by atoms with Crippen molar-refractivity contribution < 1.29 is 9.53 Å². The molecule has 0 amide bonds. The largest absolute Gasteiger partial charge is 0.466 e. The monoisotopic (exact) mass is 293 g/mol. The van der Waals surface area contributed by atoms with Crippen molar-refractivity contribution in [2.75, 3.05) is 7.11 Å². The molecule has 1 heterocycles. The molecule has 0 aromatic carbocycles.